The summed E-state index contributed by atoms with van der Waals surface area (Å²) in [6.45, 7) is 0. The Labute approximate surface area is 301 Å². The Morgan fingerprint density at radius 1 is 0.423 bits per heavy atom. The molecule has 3 heterocycles. The number of rotatable bonds is 6. The standard InChI is InChI=1S/C48H32N4/c1-4-14-35(15-5-1)44-32-39-20-10-11-21-41(39)47-45(46(50-52(44)47)37-16-6-2-7-17-37)36-26-24-33(25-27-36)34-28-30-40(31-29-34)51-43-23-13-12-22-42(43)49-48(51)38-18-8-3-9-19-38/h1-32H. The molecule has 0 spiro atoms. The molecule has 244 valence electrons. The van der Waals surface area contributed by atoms with E-state index in [1.165, 1.54) is 10.8 Å². The highest BCUT2D eigenvalue weighted by Gasteiger charge is 2.21. The number of nitrogens with zero attached hydrogens (tertiary/aromatic N) is 4. The number of hydrogen-bond acceptors (Lipinski definition) is 2. The molecule has 0 aliphatic carbocycles. The number of pyridine rings is 1. The van der Waals surface area contributed by atoms with Crippen molar-refractivity contribution < 1.29 is 0 Å². The van der Waals surface area contributed by atoms with Crippen LogP contribution in [-0.2, 0) is 0 Å². The fourth-order valence-electron chi connectivity index (χ4n) is 7.47. The molecule has 0 saturated heterocycles. The summed E-state index contributed by atoms with van der Waals surface area (Å²) < 4.78 is 4.40. The highest BCUT2D eigenvalue weighted by atomic mass is 15.2. The maximum absolute atomic E-state index is 5.36. The van der Waals surface area contributed by atoms with Crippen LogP contribution in [0.5, 0.6) is 0 Å². The van der Waals surface area contributed by atoms with Crippen molar-refractivity contribution in [2.45, 2.75) is 0 Å². The van der Waals surface area contributed by atoms with Gasteiger partial charge in [0, 0.05) is 33.3 Å². The summed E-state index contributed by atoms with van der Waals surface area (Å²) in [4.78, 5) is 5.02. The van der Waals surface area contributed by atoms with Gasteiger partial charge in [0.05, 0.1) is 22.2 Å². The van der Waals surface area contributed by atoms with E-state index in [2.05, 4.69) is 191 Å². The lowest BCUT2D eigenvalue weighted by atomic mass is 9.95. The second-order valence-corrected chi connectivity index (χ2v) is 13.1. The first-order chi connectivity index (χ1) is 25.8. The lowest BCUT2D eigenvalue weighted by molar-refractivity contribution is 0.979. The number of para-hydroxylation sites is 2. The predicted molar refractivity (Wildman–Crippen MR) is 215 cm³/mol. The Bertz CT molecular complexity index is 2850. The zero-order valence-corrected chi connectivity index (χ0v) is 28.3. The molecular weight excluding hydrogens is 633 g/mol. The van der Waals surface area contributed by atoms with Gasteiger partial charge in [-0.25, -0.2) is 9.50 Å². The molecule has 0 radical (unpaired) electrons. The molecule has 4 heteroatoms. The van der Waals surface area contributed by atoms with E-state index >= 15 is 0 Å². The molecule has 0 bridgehead atoms. The van der Waals surface area contributed by atoms with Crippen LogP contribution in [0.1, 0.15) is 0 Å². The molecule has 0 N–H and O–H groups in total. The van der Waals surface area contributed by atoms with Crippen molar-refractivity contribution in [3.05, 3.63) is 194 Å². The van der Waals surface area contributed by atoms with E-state index in [4.69, 9.17) is 10.1 Å². The third-order valence-electron chi connectivity index (χ3n) is 9.96. The monoisotopic (exact) mass is 664 g/mol. The molecule has 0 aliphatic heterocycles. The summed E-state index contributed by atoms with van der Waals surface area (Å²) in [6, 6.07) is 68.4. The van der Waals surface area contributed by atoms with Crippen LogP contribution in [0.25, 0.3) is 89.2 Å². The molecule has 0 atom stereocenters. The quantitative estimate of drug-likeness (QED) is 0.177. The summed E-state index contributed by atoms with van der Waals surface area (Å²) in [5.74, 6) is 0.935. The summed E-state index contributed by atoms with van der Waals surface area (Å²) in [5.41, 5.74) is 14.1. The van der Waals surface area contributed by atoms with E-state index in [0.29, 0.717) is 0 Å². The van der Waals surface area contributed by atoms with Crippen molar-refractivity contribution in [2.75, 3.05) is 0 Å². The Morgan fingerprint density at radius 3 is 1.69 bits per heavy atom. The van der Waals surface area contributed by atoms with Crippen molar-refractivity contribution in [2.24, 2.45) is 0 Å². The van der Waals surface area contributed by atoms with Crippen LogP contribution in [0.3, 0.4) is 0 Å². The first kappa shape index (κ1) is 29.8. The molecule has 0 aliphatic rings. The predicted octanol–water partition coefficient (Wildman–Crippen LogP) is 12.2. The molecule has 3 aromatic heterocycles. The number of aromatic nitrogens is 4. The van der Waals surface area contributed by atoms with E-state index in [9.17, 15) is 0 Å². The average molecular weight is 665 g/mol. The highest BCUT2D eigenvalue weighted by molar-refractivity contribution is 6.08. The molecule has 10 aromatic rings. The average Bonchev–Trinajstić information content (AvgIpc) is 3.82. The fourth-order valence-corrected chi connectivity index (χ4v) is 7.47. The Kier molecular flexibility index (Phi) is 7.10. The number of hydrogen-bond donors (Lipinski definition) is 0. The topological polar surface area (TPSA) is 35.1 Å². The minimum absolute atomic E-state index is 0.935. The maximum Gasteiger partial charge on any atom is 0.145 e. The van der Waals surface area contributed by atoms with Crippen molar-refractivity contribution in [1.82, 2.24) is 19.2 Å². The van der Waals surface area contributed by atoms with Crippen LogP contribution in [0.4, 0.5) is 0 Å². The first-order valence-corrected chi connectivity index (χ1v) is 17.6. The summed E-state index contributed by atoms with van der Waals surface area (Å²) >= 11 is 0. The van der Waals surface area contributed by atoms with E-state index in [1.807, 2.05) is 12.1 Å². The van der Waals surface area contributed by atoms with Crippen molar-refractivity contribution in [1.29, 1.82) is 0 Å². The van der Waals surface area contributed by atoms with Crippen molar-refractivity contribution in [3.63, 3.8) is 0 Å². The Morgan fingerprint density at radius 2 is 0.981 bits per heavy atom. The van der Waals surface area contributed by atoms with Crippen LogP contribution in [0.2, 0.25) is 0 Å². The molecule has 0 fully saturated rings. The van der Waals surface area contributed by atoms with Crippen LogP contribution in [-0.4, -0.2) is 19.2 Å². The lowest BCUT2D eigenvalue weighted by Crippen LogP contribution is -1.97. The second kappa shape index (κ2) is 12.4. The van der Waals surface area contributed by atoms with E-state index in [1.54, 1.807) is 0 Å². The summed E-state index contributed by atoms with van der Waals surface area (Å²) in [5, 5.41) is 7.72. The SMILES string of the molecule is c1ccc(-c2nn3c(-c4ccccc4)cc4ccccc4c3c2-c2ccc(-c3ccc(-n4c(-c5ccccc5)nc5ccccc54)cc3)cc2)cc1. The number of benzene rings is 7. The largest absolute Gasteiger partial charge is 0.292 e. The molecule has 4 nitrogen and oxygen atoms in total. The van der Waals surface area contributed by atoms with Crippen LogP contribution in [0.15, 0.2) is 194 Å². The fraction of sp³-hybridized carbons (Fsp3) is 0. The third-order valence-corrected chi connectivity index (χ3v) is 9.96. The molecular formula is C48H32N4. The van der Waals surface area contributed by atoms with Gasteiger partial charge in [-0.1, -0.05) is 164 Å². The smallest absolute Gasteiger partial charge is 0.145 e. The molecule has 0 amide bonds. The maximum atomic E-state index is 5.36. The van der Waals surface area contributed by atoms with Crippen LogP contribution < -0.4 is 0 Å². The minimum Gasteiger partial charge on any atom is -0.292 e. The van der Waals surface area contributed by atoms with Gasteiger partial charge >= 0.3 is 0 Å². The molecule has 0 unspecified atom stereocenters. The van der Waals surface area contributed by atoms with Crippen LogP contribution in [0, 0.1) is 0 Å². The van der Waals surface area contributed by atoms with E-state index in [-0.39, 0.29) is 0 Å². The van der Waals surface area contributed by atoms with Crippen LogP contribution >= 0.6 is 0 Å². The van der Waals surface area contributed by atoms with E-state index < -0.39 is 0 Å². The number of fused-ring (bicyclic) bond motifs is 4. The van der Waals surface area contributed by atoms with Gasteiger partial charge in [-0.3, -0.25) is 4.57 Å². The summed E-state index contributed by atoms with van der Waals surface area (Å²) in [6.07, 6.45) is 0. The second-order valence-electron chi connectivity index (χ2n) is 13.1. The van der Waals surface area contributed by atoms with Gasteiger partial charge in [-0.2, -0.15) is 5.10 Å². The minimum atomic E-state index is 0.935. The third kappa shape index (κ3) is 5.00. The van der Waals surface area contributed by atoms with E-state index in [0.717, 1.165) is 78.4 Å². The van der Waals surface area contributed by atoms with Gasteiger partial charge < -0.3 is 0 Å². The molecule has 0 saturated carbocycles. The molecule has 52 heavy (non-hydrogen) atoms. The van der Waals surface area contributed by atoms with Gasteiger partial charge in [0.2, 0.25) is 0 Å². The zero-order valence-electron chi connectivity index (χ0n) is 28.3. The van der Waals surface area contributed by atoms with Gasteiger partial charge in [0.1, 0.15) is 11.5 Å². The molecule has 10 rings (SSSR count). The highest BCUT2D eigenvalue weighted by Crippen LogP contribution is 2.41. The van der Waals surface area contributed by atoms with Gasteiger partial charge in [0.25, 0.3) is 0 Å². The summed E-state index contributed by atoms with van der Waals surface area (Å²) in [7, 11) is 0. The molecule has 7 aromatic carbocycles. The van der Waals surface area contributed by atoms with Crippen molar-refractivity contribution in [3.8, 4) is 61.8 Å². The normalized spacial score (nSPS) is 11.5. The number of imidazole rings is 1. The first-order valence-electron chi connectivity index (χ1n) is 17.6. The Balaban J connectivity index is 1.10. The Hall–Kier alpha value is -7.04. The lowest BCUT2D eigenvalue weighted by Gasteiger charge is -2.12. The van der Waals surface area contributed by atoms with Crippen molar-refractivity contribution >= 4 is 27.3 Å². The van der Waals surface area contributed by atoms with Gasteiger partial charge in [-0.05, 0) is 52.4 Å². The van der Waals surface area contributed by atoms with Gasteiger partial charge in [0.15, 0.2) is 0 Å². The zero-order chi connectivity index (χ0) is 34.4. The van der Waals surface area contributed by atoms with Gasteiger partial charge in [-0.15, -0.1) is 0 Å².